The Bertz CT molecular complexity index is 539. The molecule has 6 nitrogen and oxygen atoms in total. The topological polar surface area (TPSA) is 84.3 Å². The Morgan fingerprint density at radius 1 is 1.33 bits per heavy atom. The summed E-state index contributed by atoms with van der Waals surface area (Å²) in [6, 6.07) is 7.01. The molecule has 112 valence electrons. The van der Waals surface area contributed by atoms with Crippen molar-refractivity contribution in [3.05, 3.63) is 46.0 Å². The molecule has 2 rings (SSSR count). The lowest BCUT2D eigenvalue weighted by Crippen LogP contribution is -2.26. The van der Waals surface area contributed by atoms with E-state index in [1.165, 1.54) is 31.1 Å². The van der Waals surface area contributed by atoms with Crippen molar-refractivity contribution in [2.45, 2.75) is 25.3 Å². The van der Waals surface area contributed by atoms with Gasteiger partial charge < -0.3 is 10.6 Å². The van der Waals surface area contributed by atoms with Gasteiger partial charge in [-0.15, -0.1) is 0 Å². The van der Waals surface area contributed by atoms with E-state index in [0.29, 0.717) is 18.2 Å². The standard InChI is InChI=1S/C15H19N3O3/c19-15(17-11-3-10-16-13-7-8-13)9-6-12-4-1-2-5-14(12)18(20)21/h1-2,4-6,9,13,16H,3,7-8,10-11H2,(H,17,19)/b9-6+. The molecular formula is C15H19N3O3. The maximum Gasteiger partial charge on any atom is 0.276 e. The van der Waals surface area contributed by atoms with Crippen LogP contribution in [-0.4, -0.2) is 30.0 Å². The van der Waals surface area contributed by atoms with Crippen LogP contribution in [0.3, 0.4) is 0 Å². The van der Waals surface area contributed by atoms with Crippen molar-refractivity contribution in [2.24, 2.45) is 0 Å². The van der Waals surface area contributed by atoms with Crippen LogP contribution >= 0.6 is 0 Å². The second kappa shape index (κ2) is 7.54. The fraction of sp³-hybridized carbons (Fsp3) is 0.400. The van der Waals surface area contributed by atoms with Crippen LogP contribution in [0.15, 0.2) is 30.3 Å². The molecule has 0 spiro atoms. The molecule has 1 fully saturated rings. The number of nitrogens with zero attached hydrogens (tertiary/aromatic N) is 1. The molecule has 0 unspecified atom stereocenters. The molecule has 0 bridgehead atoms. The molecule has 0 radical (unpaired) electrons. The highest BCUT2D eigenvalue weighted by molar-refractivity contribution is 5.92. The van der Waals surface area contributed by atoms with Gasteiger partial charge in [0.15, 0.2) is 0 Å². The summed E-state index contributed by atoms with van der Waals surface area (Å²) in [5.74, 6) is -0.237. The van der Waals surface area contributed by atoms with Gasteiger partial charge in [0.2, 0.25) is 5.91 Å². The molecular weight excluding hydrogens is 270 g/mol. The Morgan fingerprint density at radius 2 is 2.10 bits per heavy atom. The van der Waals surface area contributed by atoms with Gasteiger partial charge in [-0.2, -0.15) is 0 Å². The zero-order valence-corrected chi connectivity index (χ0v) is 11.7. The molecule has 0 atom stereocenters. The highest BCUT2D eigenvalue weighted by atomic mass is 16.6. The Balaban J connectivity index is 1.74. The van der Waals surface area contributed by atoms with E-state index in [9.17, 15) is 14.9 Å². The summed E-state index contributed by atoms with van der Waals surface area (Å²) in [6.45, 7) is 1.50. The first-order valence-electron chi connectivity index (χ1n) is 7.09. The highest BCUT2D eigenvalue weighted by Gasteiger charge is 2.19. The number of carbonyl (C=O) groups excluding carboxylic acids is 1. The quantitative estimate of drug-likeness (QED) is 0.331. The minimum atomic E-state index is -0.457. The lowest BCUT2D eigenvalue weighted by molar-refractivity contribution is -0.385. The molecule has 0 heterocycles. The summed E-state index contributed by atoms with van der Waals surface area (Å²) in [4.78, 5) is 22.0. The molecule has 21 heavy (non-hydrogen) atoms. The summed E-state index contributed by atoms with van der Waals surface area (Å²) in [5, 5.41) is 17.0. The highest BCUT2D eigenvalue weighted by Crippen LogP contribution is 2.19. The number of amides is 1. The number of hydrogen-bond acceptors (Lipinski definition) is 4. The van der Waals surface area contributed by atoms with Crippen LogP contribution in [0.1, 0.15) is 24.8 Å². The Morgan fingerprint density at radius 3 is 2.81 bits per heavy atom. The fourth-order valence-corrected chi connectivity index (χ4v) is 1.91. The third-order valence-electron chi connectivity index (χ3n) is 3.21. The van der Waals surface area contributed by atoms with Gasteiger partial charge in [-0.25, -0.2) is 0 Å². The van der Waals surface area contributed by atoms with E-state index in [2.05, 4.69) is 10.6 Å². The second-order valence-corrected chi connectivity index (χ2v) is 5.02. The van der Waals surface area contributed by atoms with Gasteiger partial charge in [-0.3, -0.25) is 14.9 Å². The molecule has 1 aliphatic rings. The van der Waals surface area contributed by atoms with Crippen molar-refractivity contribution in [1.29, 1.82) is 0 Å². The van der Waals surface area contributed by atoms with Gasteiger partial charge in [0, 0.05) is 24.7 Å². The molecule has 2 N–H and O–H groups in total. The first-order valence-corrected chi connectivity index (χ1v) is 7.09. The predicted molar refractivity (Wildman–Crippen MR) is 80.8 cm³/mol. The Kier molecular flexibility index (Phi) is 5.45. The molecule has 1 aromatic carbocycles. The molecule has 0 aromatic heterocycles. The van der Waals surface area contributed by atoms with Gasteiger partial charge in [-0.1, -0.05) is 12.1 Å². The maximum atomic E-state index is 11.6. The smallest absolute Gasteiger partial charge is 0.276 e. The minimum absolute atomic E-state index is 0.00446. The number of carbonyl (C=O) groups is 1. The van der Waals surface area contributed by atoms with Crippen LogP contribution < -0.4 is 10.6 Å². The second-order valence-electron chi connectivity index (χ2n) is 5.02. The first-order chi connectivity index (χ1) is 10.2. The summed E-state index contributed by atoms with van der Waals surface area (Å²) >= 11 is 0. The zero-order valence-electron chi connectivity index (χ0n) is 11.7. The SMILES string of the molecule is O=C(/C=C/c1ccccc1[N+](=O)[O-])NCCCNC1CC1. The average Bonchev–Trinajstić information content (AvgIpc) is 3.29. The molecule has 1 aromatic rings. The van der Waals surface area contributed by atoms with E-state index in [-0.39, 0.29) is 11.6 Å². The van der Waals surface area contributed by atoms with Crippen LogP contribution in [0.4, 0.5) is 5.69 Å². The largest absolute Gasteiger partial charge is 0.353 e. The van der Waals surface area contributed by atoms with Crippen molar-refractivity contribution in [3.63, 3.8) is 0 Å². The maximum absolute atomic E-state index is 11.6. The Labute approximate surface area is 123 Å². The van der Waals surface area contributed by atoms with Crippen molar-refractivity contribution in [2.75, 3.05) is 13.1 Å². The summed E-state index contributed by atoms with van der Waals surface area (Å²) in [6.07, 6.45) is 6.18. The van der Waals surface area contributed by atoms with Gasteiger partial charge in [-0.05, 0) is 37.9 Å². The van der Waals surface area contributed by atoms with E-state index in [0.717, 1.165) is 13.0 Å². The van der Waals surface area contributed by atoms with Crippen LogP contribution in [0, 0.1) is 10.1 Å². The summed E-state index contributed by atoms with van der Waals surface area (Å²) < 4.78 is 0. The van der Waals surface area contributed by atoms with Gasteiger partial charge in [0.05, 0.1) is 10.5 Å². The third kappa shape index (κ3) is 5.35. The third-order valence-corrected chi connectivity index (χ3v) is 3.21. The number of nitrogens with one attached hydrogen (secondary N) is 2. The monoisotopic (exact) mass is 289 g/mol. The van der Waals surface area contributed by atoms with Crippen molar-refractivity contribution in [3.8, 4) is 0 Å². The summed E-state index contributed by atoms with van der Waals surface area (Å²) in [5.41, 5.74) is 0.420. The first kappa shape index (κ1) is 15.2. The number of nitro benzene ring substituents is 1. The number of benzene rings is 1. The lowest BCUT2D eigenvalue weighted by atomic mass is 10.1. The van der Waals surface area contributed by atoms with Crippen molar-refractivity contribution < 1.29 is 9.72 Å². The number of nitro groups is 1. The van der Waals surface area contributed by atoms with E-state index in [1.807, 2.05) is 0 Å². The molecule has 0 saturated heterocycles. The van der Waals surface area contributed by atoms with E-state index < -0.39 is 4.92 Å². The fourth-order valence-electron chi connectivity index (χ4n) is 1.91. The number of hydrogen-bond donors (Lipinski definition) is 2. The zero-order chi connectivity index (χ0) is 15.1. The van der Waals surface area contributed by atoms with Crippen LogP contribution in [0.5, 0.6) is 0 Å². The number of para-hydroxylation sites is 1. The minimum Gasteiger partial charge on any atom is -0.353 e. The lowest BCUT2D eigenvalue weighted by Gasteiger charge is -2.03. The number of rotatable bonds is 8. The van der Waals surface area contributed by atoms with E-state index in [4.69, 9.17) is 0 Å². The van der Waals surface area contributed by atoms with Gasteiger partial charge in [0.1, 0.15) is 0 Å². The van der Waals surface area contributed by atoms with Crippen LogP contribution in [-0.2, 0) is 4.79 Å². The molecule has 1 saturated carbocycles. The molecule has 1 amide bonds. The van der Waals surface area contributed by atoms with Crippen molar-refractivity contribution in [1.82, 2.24) is 10.6 Å². The molecule has 0 aliphatic heterocycles. The van der Waals surface area contributed by atoms with Gasteiger partial charge >= 0.3 is 0 Å². The van der Waals surface area contributed by atoms with E-state index >= 15 is 0 Å². The summed E-state index contributed by atoms with van der Waals surface area (Å²) in [7, 11) is 0. The van der Waals surface area contributed by atoms with E-state index in [1.54, 1.807) is 18.2 Å². The Hall–Kier alpha value is -2.21. The van der Waals surface area contributed by atoms with Crippen LogP contribution in [0.2, 0.25) is 0 Å². The predicted octanol–water partition coefficient (Wildman–Crippen LogP) is 1.87. The van der Waals surface area contributed by atoms with Gasteiger partial charge in [0.25, 0.3) is 5.69 Å². The normalized spacial score (nSPS) is 14.3. The van der Waals surface area contributed by atoms with Crippen LogP contribution in [0.25, 0.3) is 6.08 Å². The van der Waals surface area contributed by atoms with Crippen molar-refractivity contribution >= 4 is 17.7 Å². The average molecular weight is 289 g/mol. The molecule has 6 heteroatoms. The molecule has 1 aliphatic carbocycles.